The van der Waals surface area contributed by atoms with Crippen LogP contribution in [0.1, 0.15) is 32.5 Å². The Kier molecular flexibility index (Phi) is 5.85. The van der Waals surface area contributed by atoms with E-state index in [2.05, 4.69) is 33.3 Å². The number of amides is 2. The number of hydrogen-bond acceptors (Lipinski definition) is 6. The summed E-state index contributed by atoms with van der Waals surface area (Å²) in [6, 6.07) is 16.3. The van der Waals surface area contributed by atoms with Crippen molar-refractivity contribution in [1.82, 2.24) is 15.6 Å². The third kappa shape index (κ3) is 4.36. The highest BCUT2D eigenvalue weighted by Crippen LogP contribution is 2.29. The number of ether oxygens (including phenoxy) is 1. The van der Waals surface area contributed by atoms with Crippen LogP contribution in [0.5, 0.6) is 5.75 Å². The molecule has 4 N–H and O–H groups in total. The summed E-state index contributed by atoms with van der Waals surface area (Å²) in [7, 11) is 1.57. The molecule has 0 radical (unpaired) electrons. The smallest absolute Gasteiger partial charge is 0.279 e. The van der Waals surface area contributed by atoms with Crippen molar-refractivity contribution in [2.45, 2.75) is 13.3 Å². The summed E-state index contributed by atoms with van der Waals surface area (Å²) in [5, 5.41) is 10.5. The number of hydrogen-bond donors (Lipinski definition) is 4. The molecular weight excluding hydrogens is 414 g/mol. The number of carbonyl (C=O) groups excluding carboxylic acids is 2. The third-order valence-corrected chi connectivity index (χ3v) is 5.80. The van der Waals surface area contributed by atoms with E-state index >= 15 is 0 Å². The van der Waals surface area contributed by atoms with Gasteiger partial charge in [-0.1, -0.05) is 25.1 Å². The highest BCUT2D eigenvalue weighted by molar-refractivity contribution is 7.20. The quantitative estimate of drug-likeness (QED) is 0.325. The van der Waals surface area contributed by atoms with E-state index in [0.717, 1.165) is 17.7 Å². The predicted molar refractivity (Wildman–Crippen MR) is 122 cm³/mol. The molecule has 2 heterocycles. The van der Waals surface area contributed by atoms with Crippen molar-refractivity contribution in [2.75, 3.05) is 17.9 Å². The number of H-pyrrole nitrogens is 1. The number of thiophene rings is 1. The molecule has 0 saturated heterocycles. The number of nitrogens with zero attached hydrogens (tertiary/aromatic N) is 1. The first-order valence-electron chi connectivity index (χ1n) is 9.66. The highest BCUT2D eigenvalue weighted by atomic mass is 32.1. The first kappa shape index (κ1) is 20.4. The number of rotatable bonds is 7. The zero-order valence-corrected chi connectivity index (χ0v) is 17.8. The van der Waals surface area contributed by atoms with Crippen LogP contribution in [0, 0.1) is 0 Å². The van der Waals surface area contributed by atoms with Crippen molar-refractivity contribution >= 4 is 44.9 Å². The molecule has 31 heavy (non-hydrogen) atoms. The van der Waals surface area contributed by atoms with E-state index in [1.165, 1.54) is 11.3 Å². The number of carbonyl (C=O) groups is 2. The van der Waals surface area contributed by atoms with E-state index < -0.39 is 0 Å². The fourth-order valence-electron chi connectivity index (χ4n) is 3.08. The van der Waals surface area contributed by atoms with E-state index in [9.17, 15) is 9.59 Å². The van der Waals surface area contributed by atoms with Gasteiger partial charge in [0.25, 0.3) is 11.8 Å². The third-order valence-electron chi connectivity index (χ3n) is 4.77. The van der Waals surface area contributed by atoms with Crippen molar-refractivity contribution in [2.24, 2.45) is 0 Å². The maximum atomic E-state index is 12.6. The second-order valence-corrected chi connectivity index (χ2v) is 7.73. The molecule has 0 fully saturated rings. The summed E-state index contributed by atoms with van der Waals surface area (Å²) < 4.78 is 5.11. The number of aryl methyl sites for hydroxylation is 1. The SMILES string of the molecule is CCc1ccccc1NNC(=O)c1cc2c(NC(=O)c3ccc(OC)cc3)[nH]nc2s1. The van der Waals surface area contributed by atoms with Gasteiger partial charge in [-0.2, -0.15) is 5.10 Å². The van der Waals surface area contributed by atoms with Crippen molar-refractivity contribution in [3.05, 3.63) is 70.6 Å². The molecule has 2 amide bonds. The molecule has 4 aromatic rings. The Balaban J connectivity index is 1.46. The van der Waals surface area contributed by atoms with E-state index in [1.807, 2.05) is 24.3 Å². The molecule has 0 saturated carbocycles. The van der Waals surface area contributed by atoms with Gasteiger partial charge in [-0.25, -0.2) is 0 Å². The number of anilines is 2. The van der Waals surface area contributed by atoms with Crippen LogP contribution < -0.4 is 20.9 Å². The summed E-state index contributed by atoms with van der Waals surface area (Å²) in [5.41, 5.74) is 8.14. The number of fused-ring (bicyclic) bond motifs is 1. The van der Waals surface area contributed by atoms with Crippen LogP contribution in [-0.2, 0) is 6.42 Å². The summed E-state index contributed by atoms with van der Waals surface area (Å²) in [6.45, 7) is 2.05. The fraction of sp³-hybridized carbons (Fsp3) is 0.136. The van der Waals surface area contributed by atoms with Gasteiger partial charge in [0.1, 0.15) is 16.4 Å². The number of methoxy groups -OCH3 is 1. The van der Waals surface area contributed by atoms with Gasteiger partial charge in [0.05, 0.1) is 23.1 Å². The Bertz CT molecular complexity index is 1230. The summed E-state index contributed by atoms with van der Waals surface area (Å²) in [6.07, 6.45) is 0.850. The van der Waals surface area contributed by atoms with E-state index in [-0.39, 0.29) is 11.8 Å². The minimum Gasteiger partial charge on any atom is -0.497 e. The molecular formula is C22H21N5O3S. The number of aromatic nitrogens is 2. The number of benzene rings is 2. The average Bonchev–Trinajstić information content (AvgIpc) is 3.39. The van der Waals surface area contributed by atoms with Crippen LogP contribution in [-0.4, -0.2) is 29.1 Å². The lowest BCUT2D eigenvalue weighted by molar-refractivity contribution is 0.0965. The van der Waals surface area contributed by atoms with Gasteiger partial charge in [0.15, 0.2) is 0 Å². The second-order valence-electron chi connectivity index (χ2n) is 6.70. The van der Waals surface area contributed by atoms with Crippen LogP contribution in [0.15, 0.2) is 54.6 Å². The van der Waals surface area contributed by atoms with Gasteiger partial charge >= 0.3 is 0 Å². The first-order chi connectivity index (χ1) is 15.1. The van der Waals surface area contributed by atoms with Crippen molar-refractivity contribution in [1.29, 1.82) is 0 Å². The van der Waals surface area contributed by atoms with Gasteiger partial charge in [0.2, 0.25) is 0 Å². The maximum absolute atomic E-state index is 12.6. The van der Waals surface area contributed by atoms with E-state index in [0.29, 0.717) is 32.2 Å². The first-order valence-corrected chi connectivity index (χ1v) is 10.5. The minimum atomic E-state index is -0.289. The number of aromatic amines is 1. The molecule has 0 aliphatic rings. The van der Waals surface area contributed by atoms with E-state index in [1.54, 1.807) is 37.4 Å². The van der Waals surface area contributed by atoms with E-state index in [4.69, 9.17) is 4.74 Å². The number of para-hydroxylation sites is 1. The summed E-state index contributed by atoms with van der Waals surface area (Å²) >= 11 is 1.24. The molecule has 0 aliphatic carbocycles. The lowest BCUT2D eigenvalue weighted by atomic mass is 10.1. The molecule has 9 heteroatoms. The summed E-state index contributed by atoms with van der Waals surface area (Å²) in [4.78, 5) is 26.2. The van der Waals surface area contributed by atoms with Crippen LogP contribution in [0.25, 0.3) is 10.2 Å². The maximum Gasteiger partial charge on any atom is 0.279 e. The lowest BCUT2D eigenvalue weighted by Gasteiger charge is -2.11. The average molecular weight is 436 g/mol. The Morgan fingerprint density at radius 1 is 1.10 bits per heavy atom. The molecule has 0 spiro atoms. The van der Waals surface area contributed by atoms with Crippen molar-refractivity contribution in [3.63, 3.8) is 0 Å². The predicted octanol–water partition coefficient (Wildman–Crippen LogP) is 4.20. The van der Waals surface area contributed by atoms with Crippen LogP contribution in [0.4, 0.5) is 11.5 Å². The van der Waals surface area contributed by atoms with Crippen LogP contribution >= 0.6 is 11.3 Å². The topological polar surface area (TPSA) is 108 Å². The number of nitrogens with one attached hydrogen (secondary N) is 4. The van der Waals surface area contributed by atoms with Gasteiger partial charge in [-0.3, -0.25) is 25.5 Å². The fourth-order valence-corrected chi connectivity index (χ4v) is 3.97. The monoisotopic (exact) mass is 435 g/mol. The number of hydrazine groups is 1. The van der Waals surface area contributed by atoms with Crippen LogP contribution in [0.3, 0.4) is 0 Å². The Hall–Kier alpha value is -3.85. The molecule has 2 aromatic carbocycles. The molecule has 8 nitrogen and oxygen atoms in total. The highest BCUT2D eigenvalue weighted by Gasteiger charge is 2.17. The lowest BCUT2D eigenvalue weighted by Crippen LogP contribution is -2.29. The van der Waals surface area contributed by atoms with Crippen LogP contribution in [0.2, 0.25) is 0 Å². The Morgan fingerprint density at radius 2 is 1.87 bits per heavy atom. The zero-order chi connectivity index (χ0) is 21.8. The molecule has 0 bridgehead atoms. The van der Waals surface area contributed by atoms with Crippen molar-refractivity contribution < 1.29 is 14.3 Å². The standard InChI is InChI=1S/C22H21N5O3S/c1-3-13-6-4-5-7-17(13)24-26-21(29)18-12-16-19(25-27-22(16)31-18)23-20(28)14-8-10-15(30-2)11-9-14/h4-12,24H,3H2,1-2H3,(H,26,29)(H2,23,25,27,28). The van der Waals surface area contributed by atoms with Gasteiger partial charge in [-0.15, -0.1) is 11.3 Å². The Morgan fingerprint density at radius 3 is 2.61 bits per heavy atom. The Labute approximate surface area is 182 Å². The second kappa shape index (κ2) is 8.88. The molecule has 0 unspecified atom stereocenters. The largest absolute Gasteiger partial charge is 0.497 e. The van der Waals surface area contributed by atoms with Gasteiger partial charge in [0, 0.05) is 5.56 Å². The van der Waals surface area contributed by atoms with Gasteiger partial charge in [-0.05, 0) is 48.4 Å². The molecule has 2 aromatic heterocycles. The van der Waals surface area contributed by atoms with Crippen molar-refractivity contribution in [3.8, 4) is 5.75 Å². The zero-order valence-electron chi connectivity index (χ0n) is 17.0. The van der Waals surface area contributed by atoms with Gasteiger partial charge < -0.3 is 10.1 Å². The molecule has 158 valence electrons. The normalized spacial score (nSPS) is 10.6. The minimum absolute atomic E-state index is 0.277. The molecule has 0 aliphatic heterocycles. The summed E-state index contributed by atoms with van der Waals surface area (Å²) in [5.74, 6) is 0.545. The molecule has 4 rings (SSSR count). The molecule has 0 atom stereocenters.